The zero-order chi connectivity index (χ0) is 43.2. The molecule has 2 aliphatic rings. The molecule has 6 rings (SSSR count). The molecule has 6 nitrogen and oxygen atoms in total. The summed E-state index contributed by atoms with van der Waals surface area (Å²) >= 11 is 0. The van der Waals surface area contributed by atoms with Crippen LogP contribution in [0.15, 0.2) is 92.5 Å². The Labute approximate surface area is 362 Å². The second-order valence-corrected chi connectivity index (χ2v) is 17.4. The van der Waals surface area contributed by atoms with Gasteiger partial charge in [0.2, 0.25) is 0 Å². The summed E-state index contributed by atoms with van der Waals surface area (Å²) < 4.78 is 34.3. The van der Waals surface area contributed by atoms with Gasteiger partial charge in [0.25, 0.3) is 0 Å². The van der Waals surface area contributed by atoms with Crippen molar-refractivity contribution in [1.82, 2.24) is 9.97 Å². The van der Waals surface area contributed by atoms with Crippen LogP contribution in [-0.4, -0.2) is 24.0 Å². The molecule has 0 radical (unpaired) electrons. The number of ether oxygens (including phenoxy) is 1. The van der Waals surface area contributed by atoms with Crippen molar-refractivity contribution in [1.29, 1.82) is 0 Å². The topological polar surface area (TPSA) is 79.2 Å². The molecule has 2 aromatic heterocycles. The molecule has 0 N–H and O–H groups in total. The van der Waals surface area contributed by atoms with Gasteiger partial charge in [-0.15, -0.1) is 17.1 Å². The average Bonchev–Trinajstić information content (AvgIpc) is 3.78. The molecule has 4 aromatic rings. The quantitative estimate of drug-likeness (QED) is 0.143. The Bertz CT molecular complexity index is 2470. The molecule has 0 fully saturated rings. The van der Waals surface area contributed by atoms with Gasteiger partial charge in [-0.1, -0.05) is 115 Å². The number of nitrogens with zero attached hydrogens (tertiary/aromatic N) is 4. The average molecular weight is 850 g/mol. The second kappa shape index (κ2) is 17.9. The largest absolute Gasteiger partial charge is 2.00 e. The maximum Gasteiger partial charge on any atom is 2.00 e. The van der Waals surface area contributed by atoms with Crippen molar-refractivity contribution >= 4 is 28.5 Å². The zero-order valence-corrected chi connectivity index (χ0v) is 40.9. The monoisotopic (exact) mass is 848 g/mol. The molecule has 9 heteroatoms. The van der Waals surface area contributed by atoms with E-state index in [0.717, 1.165) is 39.2 Å². The summed E-state index contributed by atoms with van der Waals surface area (Å²) in [5.74, 6) is -0.940. The van der Waals surface area contributed by atoms with Crippen LogP contribution in [0.2, 0.25) is 0 Å². The molecule has 0 unspecified atom stereocenters. The van der Waals surface area contributed by atoms with Crippen molar-refractivity contribution in [3.63, 3.8) is 0 Å². The van der Waals surface area contributed by atoms with Gasteiger partial charge in [-0.25, -0.2) is 18.6 Å². The van der Waals surface area contributed by atoms with Crippen LogP contribution in [0.1, 0.15) is 138 Å². The fourth-order valence-electron chi connectivity index (χ4n) is 7.36. The minimum Gasteiger partial charge on any atom is -0.660 e. The Hall–Kier alpha value is -4.75. The van der Waals surface area contributed by atoms with Crippen LogP contribution in [0.5, 0.6) is 0 Å². The van der Waals surface area contributed by atoms with Gasteiger partial charge >= 0.3 is 25.4 Å². The molecule has 0 amide bonds. The van der Waals surface area contributed by atoms with E-state index >= 15 is 0 Å². The molecule has 0 bridgehead atoms. The van der Waals surface area contributed by atoms with E-state index in [1.807, 2.05) is 26.0 Å². The summed E-state index contributed by atoms with van der Waals surface area (Å²) in [7, 11) is 0. The van der Waals surface area contributed by atoms with E-state index < -0.39 is 5.97 Å². The summed E-state index contributed by atoms with van der Waals surface area (Å²) in [5.41, 5.74) is 15.8. The van der Waals surface area contributed by atoms with Crippen molar-refractivity contribution < 1.29 is 37.8 Å². The molecular formula is C50H58F2N4O2Zn. The van der Waals surface area contributed by atoms with Crippen LogP contribution in [0.3, 0.4) is 0 Å². The number of aromatic nitrogens is 2. The van der Waals surface area contributed by atoms with Gasteiger partial charge in [0.05, 0.1) is 35.0 Å². The van der Waals surface area contributed by atoms with E-state index in [1.165, 1.54) is 16.7 Å². The zero-order valence-electron chi connectivity index (χ0n) is 37.9. The number of benzene rings is 2. The number of hydrogen-bond acceptors (Lipinski definition) is 4. The molecule has 0 saturated heterocycles. The molecule has 2 aliphatic heterocycles. The SMILES string of the molecule is CC1=N/C(=C(/c2ccc(C(C)(C)C)cc2)c2[n-]c(C)c(C)c2C)C(C)=C1F.CCOC(=O)C1=C(C)/C(=C(\c2ccc(C(C)(C)C)cc2)c2[n-]c(C)c(F)c2C)N=C1C.[Zn+2]. The van der Waals surface area contributed by atoms with E-state index in [2.05, 4.69) is 102 Å². The molecule has 0 spiro atoms. The second-order valence-electron chi connectivity index (χ2n) is 17.4. The number of aliphatic imine (C=N–C) groups is 2. The summed E-state index contributed by atoms with van der Waals surface area (Å²) in [5, 5.41) is 0. The van der Waals surface area contributed by atoms with E-state index in [-0.39, 0.29) is 48.6 Å². The molecule has 59 heavy (non-hydrogen) atoms. The van der Waals surface area contributed by atoms with Gasteiger partial charge < -0.3 is 14.7 Å². The minimum absolute atomic E-state index is 0. The summed E-state index contributed by atoms with van der Waals surface area (Å²) in [6, 6.07) is 16.7. The van der Waals surface area contributed by atoms with Gasteiger partial charge in [-0.3, -0.25) is 4.99 Å². The predicted molar refractivity (Wildman–Crippen MR) is 235 cm³/mol. The molecule has 306 valence electrons. The predicted octanol–water partition coefficient (Wildman–Crippen LogP) is 12.2. The molecule has 4 heterocycles. The van der Waals surface area contributed by atoms with Gasteiger partial charge in [-0.05, 0) is 111 Å². The van der Waals surface area contributed by atoms with Gasteiger partial charge in [0, 0.05) is 5.57 Å². The van der Waals surface area contributed by atoms with Crippen molar-refractivity contribution in [2.45, 2.75) is 122 Å². The van der Waals surface area contributed by atoms with Crippen LogP contribution < -0.4 is 9.97 Å². The third kappa shape index (κ3) is 9.36. The number of rotatable bonds is 6. The Morgan fingerprint density at radius 2 is 1.03 bits per heavy atom. The first-order valence-corrected chi connectivity index (χ1v) is 20.0. The molecule has 0 saturated carbocycles. The van der Waals surface area contributed by atoms with Gasteiger partial charge in [-0.2, -0.15) is 5.69 Å². The number of allylic oxidation sites excluding steroid dienone is 3. The number of carbonyl (C=O) groups is 1. The number of carbonyl (C=O) groups excluding carboxylic acids is 1. The van der Waals surface area contributed by atoms with E-state index in [1.54, 1.807) is 41.5 Å². The summed E-state index contributed by atoms with van der Waals surface area (Å²) in [6.07, 6.45) is 0. The Morgan fingerprint density at radius 1 is 0.610 bits per heavy atom. The Kier molecular flexibility index (Phi) is 14.2. The molecule has 0 aliphatic carbocycles. The fraction of sp³-hybridized carbons (Fsp3) is 0.380. The van der Waals surface area contributed by atoms with Crippen LogP contribution in [0, 0.1) is 40.4 Å². The number of halogens is 2. The first-order chi connectivity index (χ1) is 27.0. The maximum atomic E-state index is 14.6. The van der Waals surface area contributed by atoms with Gasteiger partial charge in [0.1, 0.15) is 11.6 Å². The van der Waals surface area contributed by atoms with Crippen molar-refractivity contribution in [3.05, 3.63) is 150 Å². The normalized spacial score (nSPS) is 16.1. The van der Waals surface area contributed by atoms with E-state index in [4.69, 9.17) is 14.7 Å². The van der Waals surface area contributed by atoms with Crippen molar-refractivity contribution in [2.24, 2.45) is 9.98 Å². The van der Waals surface area contributed by atoms with Crippen molar-refractivity contribution in [2.75, 3.05) is 6.61 Å². The van der Waals surface area contributed by atoms with Crippen LogP contribution >= 0.6 is 0 Å². The number of esters is 1. The third-order valence-corrected chi connectivity index (χ3v) is 11.2. The molecule has 0 atom stereocenters. The van der Waals surface area contributed by atoms with Crippen molar-refractivity contribution in [3.8, 4) is 0 Å². The molecule has 2 aromatic carbocycles. The van der Waals surface area contributed by atoms with Crippen LogP contribution in [0.4, 0.5) is 8.78 Å². The smallest absolute Gasteiger partial charge is 0.660 e. The van der Waals surface area contributed by atoms with Gasteiger partial charge in [0.15, 0.2) is 0 Å². The minimum atomic E-state index is -0.395. The summed E-state index contributed by atoms with van der Waals surface area (Å²) in [6.45, 7) is 31.9. The third-order valence-electron chi connectivity index (χ3n) is 11.2. The standard InChI is InChI=1S/C26H31FN2O2.C24H28FN2.Zn/c1-9-31-25(30)20-14(2)23(28-16(20)4)21(24-15(3)22(27)17(5)29-24)18-10-12-19(13-11-18)26(6,7)8;1-13-14(2)22(26-16(13)4)20(23-15(3)21(25)17(5)27-23)18-9-11-19(12-10-18)24(6,7)8;/h10-13H,9H2,1-8H3,(H,28,29,30);9-12H,1-8H3;/q;-1;+2/p-1/b;23-20-;. The maximum absolute atomic E-state index is 14.6. The number of hydrogen-bond donors (Lipinski definition) is 0. The Morgan fingerprint density at radius 3 is 1.39 bits per heavy atom. The number of aryl methyl sites for hydroxylation is 2. The summed E-state index contributed by atoms with van der Waals surface area (Å²) in [4.78, 5) is 31.1. The fourth-order valence-corrected chi connectivity index (χ4v) is 7.36. The Balaban J connectivity index is 0.000000259. The molecular weight excluding hydrogens is 792 g/mol. The van der Waals surface area contributed by atoms with E-state index in [0.29, 0.717) is 56.5 Å². The van der Waals surface area contributed by atoms with E-state index in [9.17, 15) is 13.6 Å². The van der Waals surface area contributed by atoms with Crippen LogP contribution in [0.25, 0.3) is 11.1 Å². The first-order valence-electron chi connectivity index (χ1n) is 20.0. The van der Waals surface area contributed by atoms with Crippen LogP contribution in [-0.2, 0) is 39.8 Å². The first kappa shape index (κ1) is 46.9.